The third-order valence-corrected chi connectivity index (χ3v) is 4.35. The lowest BCUT2D eigenvalue weighted by atomic mass is 9.76. The molecule has 0 fully saturated rings. The summed E-state index contributed by atoms with van der Waals surface area (Å²) in [5.74, 6) is 1.43. The van der Waals surface area contributed by atoms with E-state index in [1.54, 1.807) is 7.11 Å². The van der Waals surface area contributed by atoms with Gasteiger partial charge in [-0.2, -0.15) is 0 Å². The SMILES string of the molecule is CN[C@H]1CC[C@@H](c2ccccc2OC)c2ccccc21.Cl. The fraction of sp³-hybridized carbons (Fsp3) is 0.333. The summed E-state index contributed by atoms with van der Waals surface area (Å²) >= 11 is 0. The first kappa shape index (κ1) is 15.9. The first-order valence-electron chi connectivity index (χ1n) is 7.24. The Bertz CT molecular complexity index is 599. The van der Waals surface area contributed by atoms with Crippen LogP contribution in [0.15, 0.2) is 48.5 Å². The summed E-state index contributed by atoms with van der Waals surface area (Å²) in [6.45, 7) is 0. The molecule has 112 valence electrons. The van der Waals surface area contributed by atoms with E-state index >= 15 is 0 Å². The Hall–Kier alpha value is -1.51. The quantitative estimate of drug-likeness (QED) is 0.912. The molecule has 0 saturated carbocycles. The predicted molar refractivity (Wildman–Crippen MR) is 89.6 cm³/mol. The van der Waals surface area contributed by atoms with Gasteiger partial charge in [0.2, 0.25) is 0 Å². The molecule has 0 radical (unpaired) electrons. The second kappa shape index (κ2) is 6.97. The number of hydrogen-bond donors (Lipinski definition) is 1. The Morgan fingerprint density at radius 3 is 2.19 bits per heavy atom. The van der Waals surface area contributed by atoms with Gasteiger partial charge in [0.1, 0.15) is 5.75 Å². The summed E-state index contributed by atoms with van der Waals surface area (Å²) in [4.78, 5) is 0. The summed E-state index contributed by atoms with van der Waals surface area (Å²) in [5, 5.41) is 3.43. The topological polar surface area (TPSA) is 21.3 Å². The number of rotatable bonds is 3. The van der Waals surface area contributed by atoms with E-state index in [2.05, 4.69) is 47.8 Å². The van der Waals surface area contributed by atoms with Crippen molar-refractivity contribution in [3.63, 3.8) is 0 Å². The first-order chi connectivity index (χ1) is 9.85. The molecule has 1 N–H and O–H groups in total. The zero-order valence-electron chi connectivity index (χ0n) is 12.5. The lowest BCUT2D eigenvalue weighted by Crippen LogP contribution is -2.24. The normalized spacial score (nSPS) is 20.3. The van der Waals surface area contributed by atoms with Crippen LogP contribution in [0.5, 0.6) is 5.75 Å². The lowest BCUT2D eigenvalue weighted by molar-refractivity contribution is 0.400. The summed E-state index contributed by atoms with van der Waals surface area (Å²) in [6, 6.07) is 17.6. The average Bonchev–Trinajstić information content (AvgIpc) is 2.53. The van der Waals surface area contributed by atoms with Crippen LogP contribution in [-0.2, 0) is 0 Å². The maximum Gasteiger partial charge on any atom is 0.122 e. The van der Waals surface area contributed by atoms with Crippen molar-refractivity contribution in [1.82, 2.24) is 5.32 Å². The van der Waals surface area contributed by atoms with Crippen LogP contribution in [0.2, 0.25) is 0 Å². The molecule has 0 aromatic heterocycles. The van der Waals surface area contributed by atoms with Crippen LogP contribution >= 0.6 is 12.4 Å². The molecule has 0 unspecified atom stereocenters. The smallest absolute Gasteiger partial charge is 0.122 e. The van der Waals surface area contributed by atoms with Crippen molar-refractivity contribution in [1.29, 1.82) is 0 Å². The van der Waals surface area contributed by atoms with Gasteiger partial charge in [-0.05, 0) is 37.1 Å². The maximum atomic E-state index is 5.55. The van der Waals surface area contributed by atoms with Crippen LogP contribution in [0.3, 0.4) is 0 Å². The summed E-state index contributed by atoms with van der Waals surface area (Å²) in [6.07, 6.45) is 2.32. The summed E-state index contributed by atoms with van der Waals surface area (Å²) in [5.41, 5.74) is 4.16. The molecule has 2 nitrogen and oxygen atoms in total. The van der Waals surface area contributed by atoms with E-state index in [1.807, 2.05) is 13.1 Å². The van der Waals surface area contributed by atoms with Gasteiger partial charge in [-0.15, -0.1) is 12.4 Å². The van der Waals surface area contributed by atoms with Crippen molar-refractivity contribution >= 4 is 12.4 Å². The third-order valence-electron chi connectivity index (χ3n) is 4.35. The zero-order chi connectivity index (χ0) is 13.9. The van der Waals surface area contributed by atoms with Crippen LogP contribution in [0.25, 0.3) is 0 Å². The van der Waals surface area contributed by atoms with Crippen molar-refractivity contribution in [2.45, 2.75) is 24.8 Å². The molecular weight excluding hydrogens is 282 g/mol. The van der Waals surface area contributed by atoms with Crippen molar-refractivity contribution in [2.75, 3.05) is 14.2 Å². The molecule has 1 aliphatic rings. The number of fused-ring (bicyclic) bond motifs is 1. The molecule has 0 heterocycles. The Morgan fingerprint density at radius 2 is 1.52 bits per heavy atom. The van der Waals surface area contributed by atoms with Crippen LogP contribution in [0, 0.1) is 0 Å². The molecule has 1 aliphatic carbocycles. The molecule has 0 spiro atoms. The standard InChI is InChI=1S/C18H21NO.ClH/c1-19-17-12-11-14(13-7-3-4-8-15(13)17)16-9-5-6-10-18(16)20-2;/h3-10,14,17,19H,11-12H2,1-2H3;1H/t14-,17+;/m1./s1. The Labute approximate surface area is 132 Å². The first-order valence-corrected chi connectivity index (χ1v) is 7.24. The van der Waals surface area contributed by atoms with Crippen molar-refractivity contribution in [2.24, 2.45) is 0 Å². The monoisotopic (exact) mass is 303 g/mol. The Balaban J connectivity index is 0.00000161. The second-order valence-corrected chi connectivity index (χ2v) is 5.34. The Kier molecular flexibility index (Phi) is 5.27. The number of hydrogen-bond acceptors (Lipinski definition) is 2. The number of halogens is 1. The van der Waals surface area contributed by atoms with E-state index in [9.17, 15) is 0 Å². The molecule has 2 aromatic rings. The third kappa shape index (κ3) is 2.92. The molecule has 0 amide bonds. The summed E-state index contributed by atoms with van der Waals surface area (Å²) < 4.78 is 5.55. The molecule has 2 atom stereocenters. The fourth-order valence-electron chi connectivity index (χ4n) is 3.37. The van der Waals surface area contributed by atoms with E-state index < -0.39 is 0 Å². The highest BCUT2D eigenvalue weighted by molar-refractivity contribution is 5.85. The van der Waals surface area contributed by atoms with Crippen LogP contribution in [-0.4, -0.2) is 14.2 Å². The van der Waals surface area contributed by atoms with Gasteiger partial charge in [0.15, 0.2) is 0 Å². The van der Waals surface area contributed by atoms with E-state index in [1.165, 1.54) is 16.7 Å². The largest absolute Gasteiger partial charge is 0.496 e. The molecule has 3 rings (SSSR count). The highest BCUT2D eigenvalue weighted by Gasteiger charge is 2.28. The molecule has 0 bridgehead atoms. The number of benzene rings is 2. The van der Waals surface area contributed by atoms with Gasteiger partial charge in [-0.25, -0.2) is 0 Å². The molecule has 0 aliphatic heterocycles. The predicted octanol–water partition coefficient (Wildman–Crippen LogP) is 4.30. The molecule has 21 heavy (non-hydrogen) atoms. The van der Waals surface area contributed by atoms with Gasteiger partial charge >= 0.3 is 0 Å². The van der Waals surface area contributed by atoms with Crippen molar-refractivity contribution in [3.8, 4) is 5.75 Å². The average molecular weight is 304 g/mol. The maximum absolute atomic E-state index is 5.55. The Morgan fingerprint density at radius 1 is 0.905 bits per heavy atom. The lowest BCUT2D eigenvalue weighted by Gasteiger charge is -2.32. The highest BCUT2D eigenvalue weighted by Crippen LogP contribution is 2.43. The van der Waals surface area contributed by atoms with Crippen LogP contribution in [0.1, 0.15) is 41.5 Å². The van der Waals surface area contributed by atoms with Gasteiger partial charge in [-0.3, -0.25) is 0 Å². The van der Waals surface area contributed by atoms with Crippen molar-refractivity contribution < 1.29 is 4.74 Å². The van der Waals surface area contributed by atoms with Crippen LogP contribution in [0.4, 0.5) is 0 Å². The van der Waals surface area contributed by atoms with E-state index in [4.69, 9.17) is 4.74 Å². The van der Waals surface area contributed by atoms with E-state index in [0.29, 0.717) is 12.0 Å². The van der Waals surface area contributed by atoms with Gasteiger partial charge < -0.3 is 10.1 Å². The zero-order valence-corrected chi connectivity index (χ0v) is 13.3. The minimum absolute atomic E-state index is 0. The van der Waals surface area contributed by atoms with E-state index in [-0.39, 0.29) is 12.4 Å². The van der Waals surface area contributed by atoms with Crippen molar-refractivity contribution in [3.05, 3.63) is 65.2 Å². The minimum Gasteiger partial charge on any atom is -0.496 e. The van der Waals surface area contributed by atoms with Gasteiger partial charge in [0, 0.05) is 17.5 Å². The fourth-order valence-corrected chi connectivity index (χ4v) is 3.37. The second-order valence-electron chi connectivity index (χ2n) is 5.34. The highest BCUT2D eigenvalue weighted by atomic mass is 35.5. The number of para-hydroxylation sites is 1. The molecule has 0 saturated heterocycles. The number of nitrogens with one attached hydrogen (secondary N) is 1. The molecule has 3 heteroatoms. The van der Waals surface area contributed by atoms with Crippen LogP contribution < -0.4 is 10.1 Å². The molecule has 2 aromatic carbocycles. The van der Waals surface area contributed by atoms with Gasteiger partial charge in [0.05, 0.1) is 7.11 Å². The summed E-state index contributed by atoms with van der Waals surface area (Å²) in [7, 11) is 3.80. The van der Waals surface area contributed by atoms with E-state index in [0.717, 1.165) is 18.6 Å². The van der Waals surface area contributed by atoms with Gasteiger partial charge in [-0.1, -0.05) is 42.5 Å². The number of methoxy groups -OCH3 is 1. The van der Waals surface area contributed by atoms with Gasteiger partial charge in [0.25, 0.3) is 0 Å². The molecular formula is C18H22ClNO. The number of ether oxygens (including phenoxy) is 1. The minimum atomic E-state index is 0.